The summed E-state index contributed by atoms with van der Waals surface area (Å²) in [7, 11) is 0. The molecule has 5 nitrogen and oxygen atoms in total. The SMILES string of the molecule is O=C(NC1CCN(Cc2ccccc2)CC1)C1CNNC1c1cccc(Cl)c1. The number of hydrogen-bond acceptors (Lipinski definition) is 4. The van der Waals surface area contributed by atoms with Crippen LogP contribution in [0, 0.1) is 5.92 Å². The summed E-state index contributed by atoms with van der Waals surface area (Å²) in [5.74, 6) is -0.0233. The fourth-order valence-electron chi connectivity index (χ4n) is 4.14. The molecule has 6 heteroatoms. The van der Waals surface area contributed by atoms with Gasteiger partial charge in [0.1, 0.15) is 0 Å². The van der Waals surface area contributed by atoms with Crippen molar-refractivity contribution in [1.82, 2.24) is 21.1 Å². The minimum Gasteiger partial charge on any atom is -0.353 e. The monoisotopic (exact) mass is 398 g/mol. The van der Waals surface area contributed by atoms with Crippen molar-refractivity contribution in [2.45, 2.75) is 31.5 Å². The number of carbonyl (C=O) groups excluding carboxylic acids is 1. The Morgan fingerprint density at radius 1 is 1.11 bits per heavy atom. The van der Waals surface area contributed by atoms with E-state index in [-0.39, 0.29) is 23.9 Å². The summed E-state index contributed by atoms with van der Waals surface area (Å²) in [5, 5.41) is 3.97. The van der Waals surface area contributed by atoms with Crippen LogP contribution in [0.25, 0.3) is 0 Å². The van der Waals surface area contributed by atoms with E-state index in [0.717, 1.165) is 38.0 Å². The smallest absolute Gasteiger partial charge is 0.226 e. The Kier molecular flexibility index (Phi) is 6.27. The third-order valence-electron chi connectivity index (χ3n) is 5.71. The fraction of sp³-hybridized carbons (Fsp3) is 0.409. The molecule has 0 aliphatic carbocycles. The zero-order valence-electron chi connectivity index (χ0n) is 15.9. The molecule has 2 atom stereocenters. The highest BCUT2D eigenvalue weighted by molar-refractivity contribution is 6.30. The van der Waals surface area contributed by atoms with E-state index in [1.165, 1.54) is 5.56 Å². The van der Waals surface area contributed by atoms with Crippen molar-refractivity contribution in [3.8, 4) is 0 Å². The molecule has 2 aliphatic rings. The van der Waals surface area contributed by atoms with Crippen LogP contribution in [-0.2, 0) is 11.3 Å². The van der Waals surface area contributed by atoms with Gasteiger partial charge in [0, 0.05) is 37.2 Å². The predicted octanol–water partition coefficient (Wildman–Crippen LogP) is 2.89. The van der Waals surface area contributed by atoms with Gasteiger partial charge in [0.15, 0.2) is 0 Å². The van der Waals surface area contributed by atoms with Crippen LogP contribution in [0.2, 0.25) is 5.02 Å². The average Bonchev–Trinajstić information content (AvgIpc) is 3.20. The number of piperidine rings is 1. The first-order valence-electron chi connectivity index (χ1n) is 9.99. The second kappa shape index (κ2) is 9.05. The maximum atomic E-state index is 12.9. The number of nitrogens with zero attached hydrogens (tertiary/aromatic N) is 1. The standard InChI is InChI=1S/C22H27ClN4O/c23-18-8-4-7-17(13-18)21-20(14-24-26-21)22(28)25-19-9-11-27(12-10-19)15-16-5-2-1-3-6-16/h1-8,13,19-21,24,26H,9-12,14-15H2,(H,25,28). The molecule has 0 bridgehead atoms. The van der Waals surface area contributed by atoms with E-state index in [1.807, 2.05) is 24.3 Å². The largest absolute Gasteiger partial charge is 0.353 e. The van der Waals surface area contributed by atoms with Crippen molar-refractivity contribution < 1.29 is 4.79 Å². The second-order valence-corrected chi connectivity index (χ2v) is 8.15. The number of benzene rings is 2. The zero-order chi connectivity index (χ0) is 19.3. The Morgan fingerprint density at radius 3 is 2.64 bits per heavy atom. The molecule has 0 radical (unpaired) electrons. The average molecular weight is 399 g/mol. The van der Waals surface area contributed by atoms with Gasteiger partial charge in [0.05, 0.1) is 12.0 Å². The van der Waals surface area contributed by atoms with Crippen LogP contribution in [0.15, 0.2) is 54.6 Å². The molecule has 2 fully saturated rings. The van der Waals surface area contributed by atoms with E-state index in [0.29, 0.717) is 11.6 Å². The quantitative estimate of drug-likeness (QED) is 0.724. The van der Waals surface area contributed by atoms with Gasteiger partial charge >= 0.3 is 0 Å². The van der Waals surface area contributed by atoms with Gasteiger partial charge in [-0.2, -0.15) is 0 Å². The molecular weight excluding hydrogens is 372 g/mol. The number of hydrazine groups is 1. The Bertz CT molecular complexity index is 792. The van der Waals surface area contributed by atoms with Gasteiger partial charge in [-0.3, -0.25) is 15.1 Å². The van der Waals surface area contributed by atoms with Crippen molar-refractivity contribution >= 4 is 17.5 Å². The maximum absolute atomic E-state index is 12.9. The number of amides is 1. The van der Waals surface area contributed by atoms with E-state index in [4.69, 9.17) is 11.6 Å². The summed E-state index contributed by atoms with van der Waals surface area (Å²) in [6, 6.07) is 18.5. The van der Waals surface area contributed by atoms with Crippen molar-refractivity contribution in [2.24, 2.45) is 5.92 Å². The summed E-state index contributed by atoms with van der Waals surface area (Å²) >= 11 is 6.12. The molecule has 2 aromatic carbocycles. The lowest BCUT2D eigenvalue weighted by atomic mass is 9.93. The first-order chi connectivity index (χ1) is 13.7. The van der Waals surface area contributed by atoms with Crippen LogP contribution >= 0.6 is 11.6 Å². The Morgan fingerprint density at radius 2 is 1.89 bits per heavy atom. The molecule has 0 spiro atoms. The van der Waals surface area contributed by atoms with E-state index in [9.17, 15) is 4.79 Å². The van der Waals surface area contributed by atoms with Crippen LogP contribution in [0.4, 0.5) is 0 Å². The highest BCUT2D eigenvalue weighted by Crippen LogP contribution is 2.27. The van der Waals surface area contributed by atoms with E-state index >= 15 is 0 Å². The Labute approximate surface area is 171 Å². The summed E-state index contributed by atoms with van der Waals surface area (Å²) in [6.07, 6.45) is 1.99. The van der Waals surface area contributed by atoms with E-state index in [2.05, 4.69) is 51.4 Å². The van der Waals surface area contributed by atoms with Crippen LogP contribution in [0.5, 0.6) is 0 Å². The minimum absolute atomic E-state index is 0.0585. The van der Waals surface area contributed by atoms with Crippen LogP contribution in [0.3, 0.4) is 0 Å². The second-order valence-electron chi connectivity index (χ2n) is 7.71. The van der Waals surface area contributed by atoms with Crippen molar-refractivity contribution in [3.05, 3.63) is 70.7 Å². The number of halogens is 1. The van der Waals surface area contributed by atoms with Gasteiger partial charge < -0.3 is 5.32 Å². The molecule has 4 rings (SSSR count). The van der Waals surface area contributed by atoms with Gasteiger partial charge in [-0.15, -0.1) is 0 Å². The molecule has 148 valence electrons. The number of carbonyl (C=O) groups is 1. The van der Waals surface area contributed by atoms with Crippen LogP contribution < -0.4 is 16.2 Å². The zero-order valence-corrected chi connectivity index (χ0v) is 16.7. The summed E-state index contributed by atoms with van der Waals surface area (Å²) in [6.45, 7) is 3.63. The van der Waals surface area contributed by atoms with Gasteiger partial charge in [0.25, 0.3) is 0 Å². The molecule has 1 amide bonds. The number of rotatable bonds is 5. The fourth-order valence-corrected chi connectivity index (χ4v) is 4.34. The van der Waals surface area contributed by atoms with Crippen LogP contribution in [-0.4, -0.2) is 36.5 Å². The third kappa shape index (κ3) is 4.73. The number of nitrogens with one attached hydrogen (secondary N) is 3. The molecule has 2 unspecified atom stereocenters. The molecule has 2 heterocycles. The molecule has 2 aliphatic heterocycles. The van der Waals surface area contributed by atoms with Crippen molar-refractivity contribution in [2.75, 3.05) is 19.6 Å². The van der Waals surface area contributed by atoms with Crippen molar-refractivity contribution in [3.63, 3.8) is 0 Å². The first-order valence-corrected chi connectivity index (χ1v) is 10.4. The lowest BCUT2D eigenvalue weighted by molar-refractivity contribution is -0.126. The van der Waals surface area contributed by atoms with Crippen molar-refractivity contribution in [1.29, 1.82) is 0 Å². The summed E-state index contributed by atoms with van der Waals surface area (Å²) in [4.78, 5) is 15.4. The van der Waals surface area contributed by atoms with Crippen LogP contribution in [0.1, 0.15) is 30.0 Å². The Hall–Kier alpha value is -1.92. The normalized spacial score (nSPS) is 23.6. The predicted molar refractivity (Wildman–Crippen MR) is 112 cm³/mol. The third-order valence-corrected chi connectivity index (χ3v) is 5.94. The first kappa shape index (κ1) is 19.4. The molecule has 2 saturated heterocycles. The number of likely N-dealkylation sites (tertiary alicyclic amines) is 1. The molecule has 0 saturated carbocycles. The van der Waals surface area contributed by atoms with Gasteiger partial charge in [-0.05, 0) is 36.1 Å². The molecule has 3 N–H and O–H groups in total. The molecule has 2 aromatic rings. The highest BCUT2D eigenvalue weighted by Gasteiger charge is 2.35. The lowest BCUT2D eigenvalue weighted by Crippen LogP contribution is -2.47. The topological polar surface area (TPSA) is 56.4 Å². The Balaban J connectivity index is 1.29. The van der Waals surface area contributed by atoms with Gasteiger partial charge in [-0.1, -0.05) is 54.1 Å². The summed E-state index contributed by atoms with van der Waals surface area (Å²) < 4.78 is 0. The van der Waals surface area contributed by atoms with E-state index < -0.39 is 0 Å². The number of hydrogen-bond donors (Lipinski definition) is 3. The summed E-state index contributed by atoms with van der Waals surface area (Å²) in [5.41, 5.74) is 8.74. The molecule has 0 aromatic heterocycles. The van der Waals surface area contributed by atoms with Gasteiger partial charge in [-0.25, -0.2) is 5.43 Å². The lowest BCUT2D eigenvalue weighted by Gasteiger charge is -2.33. The minimum atomic E-state index is -0.138. The maximum Gasteiger partial charge on any atom is 0.226 e. The highest BCUT2D eigenvalue weighted by atomic mass is 35.5. The van der Waals surface area contributed by atoms with E-state index in [1.54, 1.807) is 0 Å². The van der Waals surface area contributed by atoms with Gasteiger partial charge in [0.2, 0.25) is 5.91 Å². The molecule has 28 heavy (non-hydrogen) atoms. The molecular formula is C22H27ClN4O.